The van der Waals surface area contributed by atoms with Crippen molar-refractivity contribution in [2.24, 2.45) is 5.92 Å². The van der Waals surface area contributed by atoms with Crippen LogP contribution in [0.3, 0.4) is 0 Å². The predicted molar refractivity (Wildman–Crippen MR) is 73.4 cm³/mol. The summed E-state index contributed by atoms with van der Waals surface area (Å²) in [4.78, 5) is 11.7. The van der Waals surface area contributed by atoms with Crippen LogP contribution in [0.4, 0.5) is 0 Å². The molecule has 1 atom stereocenters. The van der Waals surface area contributed by atoms with Gasteiger partial charge in [-0.2, -0.15) is 0 Å². The first-order chi connectivity index (χ1) is 8.46. The average molecular weight is 287 g/mol. The van der Waals surface area contributed by atoms with E-state index in [0.29, 0.717) is 10.0 Å². The van der Waals surface area contributed by atoms with Gasteiger partial charge < -0.3 is 5.11 Å². The monoisotopic (exact) mass is 286 g/mol. The molecule has 2 nitrogen and oxygen atoms in total. The van der Waals surface area contributed by atoms with Crippen molar-refractivity contribution in [2.75, 3.05) is 0 Å². The summed E-state index contributed by atoms with van der Waals surface area (Å²) in [5, 5.41) is 10.5. The van der Waals surface area contributed by atoms with E-state index in [2.05, 4.69) is 0 Å². The molecule has 1 N–H and O–H groups in total. The summed E-state index contributed by atoms with van der Waals surface area (Å²) < 4.78 is 0. The number of carbonyl (C=O) groups is 1. The van der Waals surface area contributed by atoms with Crippen molar-refractivity contribution in [3.05, 3.63) is 33.8 Å². The number of rotatable bonds is 3. The first-order valence-corrected chi connectivity index (χ1v) is 6.90. The zero-order valence-electron chi connectivity index (χ0n) is 10.2. The smallest absolute Gasteiger partial charge is 0.314 e. The Morgan fingerprint density at radius 2 is 1.89 bits per heavy atom. The minimum absolute atomic E-state index is 0.173. The molecule has 0 spiro atoms. The normalized spacial score (nSPS) is 19.7. The Kier molecular flexibility index (Phi) is 3.88. The van der Waals surface area contributed by atoms with E-state index in [9.17, 15) is 9.90 Å². The van der Waals surface area contributed by atoms with Gasteiger partial charge in [-0.15, -0.1) is 0 Å². The molecule has 0 aliphatic heterocycles. The molecular weight excluding hydrogens is 271 g/mol. The van der Waals surface area contributed by atoms with Crippen LogP contribution in [0.25, 0.3) is 0 Å². The minimum Gasteiger partial charge on any atom is -0.481 e. The van der Waals surface area contributed by atoms with Crippen LogP contribution in [-0.4, -0.2) is 11.1 Å². The summed E-state index contributed by atoms with van der Waals surface area (Å²) in [7, 11) is 0. The number of benzene rings is 1. The molecule has 1 aliphatic carbocycles. The molecule has 0 amide bonds. The van der Waals surface area contributed by atoms with E-state index in [1.165, 1.54) is 0 Å². The summed E-state index contributed by atoms with van der Waals surface area (Å²) in [6.07, 6.45) is 4.13. The highest BCUT2D eigenvalue weighted by Gasteiger charge is 2.44. The second-order valence-corrected chi connectivity index (χ2v) is 5.93. The van der Waals surface area contributed by atoms with E-state index < -0.39 is 11.4 Å². The van der Waals surface area contributed by atoms with Crippen molar-refractivity contribution in [3.63, 3.8) is 0 Å². The van der Waals surface area contributed by atoms with Gasteiger partial charge in [0.1, 0.15) is 0 Å². The third-order valence-corrected chi connectivity index (χ3v) is 4.87. The van der Waals surface area contributed by atoms with Crippen molar-refractivity contribution in [1.82, 2.24) is 0 Å². The maximum atomic E-state index is 11.7. The van der Waals surface area contributed by atoms with Crippen LogP contribution >= 0.6 is 23.2 Å². The molecule has 2 rings (SSSR count). The van der Waals surface area contributed by atoms with Gasteiger partial charge in [-0.05, 0) is 43.4 Å². The number of halogens is 2. The van der Waals surface area contributed by atoms with Crippen molar-refractivity contribution >= 4 is 29.2 Å². The van der Waals surface area contributed by atoms with Gasteiger partial charge in [0, 0.05) is 0 Å². The highest BCUT2D eigenvalue weighted by molar-refractivity contribution is 6.42. The van der Waals surface area contributed by atoms with Gasteiger partial charge in [0.15, 0.2) is 0 Å². The molecule has 0 radical (unpaired) electrons. The highest BCUT2D eigenvalue weighted by atomic mass is 35.5. The quantitative estimate of drug-likeness (QED) is 0.887. The Morgan fingerprint density at radius 1 is 1.28 bits per heavy atom. The first kappa shape index (κ1) is 13.7. The van der Waals surface area contributed by atoms with Gasteiger partial charge in [-0.3, -0.25) is 4.79 Å². The molecule has 1 aliphatic rings. The first-order valence-electron chi connectivity index (χ1n) is 6.15. The summed E-state index contributed by atoms with van der Waals surface area (Å²) in [5.41, 5.74) is -0.124. The van der Waals surface area contributed by atoms with Gasteiger partial charge in [-0.1, -0.05) is 42.1 Å². The number of carboxylic acids is 1. The van der Waals surface area contributed by atoms with E-state index in [1.54, 1.807) is 25.1 Å². The number of carboxylic acid groups (broad SMARTS) is 1. The fourth-order valence-electron chi connectivity index (χ4n) is 2.86. The molecule has 1 saturated carbocycles. The van der Waals surface area contributed by atoms with Gasteiger partial charge in [0.25, 0.3) is 0 Å². The third kappa shape index (κ3) is 2.24. The highest BCUT2D eigenvalue weighted by Crippen LogP contribution is 2.43. The Morgan fingerprint density at radius 3 is 2.39 bits per heavy atom. The van der Waals surface area contributed by atoms with Crippen LogP contribution in [0.1, 0.15) is 38.2 Å². The second-order valence-electron chi connectivity index (χ2n) is 5.12. The molecule has 4 heteroatoms. The number of aliphatic carboxylic acids is 1. The fraction of sp³-hybridized carbons (Fsp3) is 0.500. The zero-order valence-corrected chi connectivity index (χ0v) is 11.8. The molecule has 18 heavy (non-hydrogen) atoms. The topological polar surface area (TPSA) is 37.3 Å². The van der Waals surface area contributed by atoms with Gasteiger partial charge in [0.2, 0.25) is 0 Å². The summed E-state index contributed by atoms with van der Waals surface area (Å²) in [6, 6.07) is 5.15. The molecule has 98 valence electrons. The van der Waals surface area contributed by atoms with Crippen LogP contribution in [-0.2, 0) is 10.2 Å². The summed E-state index contributed by atoms with van der Waals surface area (Å²) in [5.74, 6) is -0.611. The van der Waals surface area contributed by atoms with Crippen LogP contribution < -0.4 is 0 Å². The number of hydrogen-bond acceptors (Lipinski definition) is 1. The van der Waals surface area contributed by atoms with E-state index in [4.69, 9.17) is 23.2 Å². The SMILES string of the molecule is CC(C(=O)O)(c1ccc(Cl)c(Cl)c1)C1CCCC1. The molecule has 1 aromatic carbocycles. The second kappa shape index (κ2) is 5.10. The maximum absolute atomic E-state index is 11.7. The molecular formula is C14H16Cl2O2. The van der Waals surface area contributed by atoms with Gasteiger partial charge >= 0.3 is 5.97 Å². The zero-order chi connectivity index (χ0) is 13.3. The third-order valence-electron chi connectivity index (χ3n) is 4.14. The van der Waals surface area contributed by atoms with E-state index in [-0.39, 0.29) is 5.92 Å². The van der Waals surface area contributed by atoms with E-state index >= 15 is 0 Å². The molecule has 0 heterocycles. The van der Waals surface area contributed by atoms with Crippen molar-refractivity contribution < 1.29 is 9.90 Å². The Bertz CT molecular complexity index is 467. The molecule has 1 unspecified atom stereocenters. The van der Waals surface area contributed by atoms with E-state index in [0.717, 1.165) is 31.2 Å². The predicted octanol–water partition coefficient (Wildman–Crippen LogP) is 4.53. The summed E-state index contributed by atoms with van der Waals surface area (Å²) in [6.45, 7) is 1.80. The average Bonchev–Trinajstić information content (AvgIpc) is 2.85. The van der Waals surface area contributed by atoms with Crippen LogP contribution in [0.15, 0.2) is 18.2 Å². The van der Waals surface area contributed by atoms with Gasteiger partial charge in [0.05, 0.1) is 15.5 Å². The lowest BCUT2D eigenvalue weighted by atomic mass is 9.71. The maximum Gasteiger partial charge on any atom is 0.314 e. The minimum atomic E-state index is -0.870. The van der Waals surface area contributed by atoms with Crippen LogP contribution in [0.2, 0.25) is 10.0 Å². The largest absolute Gasteiger partial charge is 0.481 e. The molecule has 0 aromatic heterocycles. The standard InChI is InChI=1S/C14H16Cl2O2/c1-14(13(17)18,9-4-2-3-5-9)10-6-7-11(15)12(16)8-10/h6-9H,2-5H2,1H3,(H,17,18). The lowest BCUT2D eigenvalue weighted by Gasteiger charge is -2.32. The van der Waals surface area contributed by atoms with Gasteiger partial charge in [-0.25, -0.2) is 0 Å². The number of hydrogen-bond donors (Lipinski definition) is 1. The van der Waals surface area contributed by atoms with Crippen molar-refractivity contribution in [2.45, 2.75) is 38.0 Å². The molecule has 1 fully saturated rings. The Hall–Kier alpha value is -0.730. The molecule has 0 bridgehead atoms. The van der Waals surface area contributed by atoms with Crippen LogP contribution in [0, 0.1) is 5.92 Å². The summed E-state index contributed by atoms with van der Waals surface area (Å²) >= 11 is 11.9. The lowest BCUT2D eigenvalue weighted by molar-refractivity contribution is -0.145. The van der Waals surface area contributed by atoms with E-state index in [1.807, 2.05) is 0 Å². The molecule has 1 aromatic rings. The van der Waals surface area contributed by atoms with Crippen molar-refractivity contribution in [3.8, 4) is 0 Å². The van der Waals surface area contributed by atoms with Crippen LogP contribution in [0.5, 0.6) is 0 Å². The fourth-order valence-corrected chi connectivity index (χ4v) is 3.15. The molecule has 0 saturated heterocycles. The Labute approximate surface area is 117 Å². The lowest BCUT2D eigenvalue weighted by Crippen LogP contribution is -2.39. The van der Waals surface area contributed by atoms with Crippen molar-refractivity contribution in [1.29, 1.82) is 0 Å². The Balaban J connectivity index is 2.46.